The standard InChI is InChI=1S/C24H24FN3O6/c25-13-2-1-12(18(7-13)33-15-5-6-15)9-26-23(31)17-10-27-11-19-28(14-3-4-16(8-14)34-19)24(32)20(27)22(30)21(17)29/h1-2,7,10,14-16,19,30H,3-6,8-9,11H2,(H,26,31). The largest absolute Gasteiger partial charge is 0.503 e. The SMILES string of the molecule is O=C(NCc1ccc(F)cc1OC1CC1)c1cn2c(c(O)c1=O)C(=O)N1C3CCC(C3)OC1C2. The zero-order valence-corrected chi connectivity index (χ0v) is 18.3. The summed E-state index contributed by atoms with van der Waals surface area (Å²) in [5.41, 5.74) is -0.745. The van der Waals surface area contributed by atoms with Gasteiger partial charge in [-0.15, -0.1) is 0 Å². The first kappa shape index (κ1) is 21.2. The topological polar surface area (TPSA) is 110 Å². The summed E-state index contributed by atoms with van der Waals surface area (Å²) < 4.78 is 26.8. The molecule has 3 heterocycles. The van der Waals surface area contributed by atoms with Crippen LogP contribution < -0.4 is 15.5 Å². The molecule has 1 saturated heterocycles. The number of benzene rings is 1. The molecule has 3 unspecified atom stereocenters. The first-order chi connectivity index (χ1) is 16.4. The van der Waals surface area contributed by atoms with Crippen LogP contribution >= 0.6 is 0 Å². The molecule has 0 spiro atoms. The summed E-state index contributed by atoms with van der Waals surface area (Å²) in [4.78, 5) is 40.5. The summed E-state index contributed by atoms with van der Waals surface area (Å²) in [6, 6.07) is 4.10. The lowest BCUT2D eigenvalue weighted by molar-refractivity contribution is -0.132. The molecule has 10 heteroatoms. The van der Waals surface area contributed by atoms with Gasteiger partial charge in [-0.05, 0) is 38.2 Å². The molecular weight excluding hydrogens is 445 g/mol. The number of hydrogen-bond donors (Lipinski definition) is 2. The van der Waals surface area contributed by atoms with E-state index in [1.807, 2.05) is 0 Å². The van der Waals surface area contributed by atoms with Gasteiger partial charge in [-0.2, -0.15) is 0 Å². The van der Waals surface area contributed by atoms with Crippen molar-refractivity contribution in [1.82, 2.24) is 14.8 Å². The smallest absolute Gasteiger partial charge is 0.276 e. The number of ether oxygens (including phenoxy) is 2. The van der Waals surface area contributed by atoms with E-state index in [2.05, 4.69) is 5.32 Å². The van der Waals surface area contributed by atoms with E-state index in [-0.39, 0.29) is 42.6 Å². The Kier molecular flexibility index (Phi) is 4.87. The van der Waals surface area contributed by atoms with E-state index in [0.717, 1.165) is 32.1 Å². The van der Waals surface area contributed by atoms with Gasteiger partial charge in [0.2, 0.25) is 5.43 Å². The average molecular weight is 469 g/mol. The van der Waals surface area contributed by atoms with Gasteiger partial charge in [-0.25, -0.2) is 4.39 Å². The normalized spacial score (nSPS) is 25.0. The lowest BCUT2D eigenvalue weighted by Crippen LogP contribution is -2.57. The quantitative estimate of drug-likeness (QED) is 0.692. The maximum atomic E-state index is 13.7. The van der Waals surface area contributed by atoms with E-state index >= 15 is 0 Å². The van der Waals surface area contributed by atoms with Crippen molar-refractivity contribution >= 4 is 11.8 Å². The maximum Gasteiger partial charge on any atom is 0.276 e. The van der Waals surface area contributed by atoms with Crippen molar-refractivity contribution in [2.75, 3.05) is 0 Å². The summed E-state index contributed by atoms with van der Waals surface area (Å²) in [6.45, 7) is 0.227. The van der Waals surface area contributed by atoms with Gasteiger partial charge in [0.15, 0.2) is 17.7 Å². The molecule has 178 valence electrons. The van der Waals surface area contributed by atoms with E-state index < -0.39 is 35.0 Å². The molecule has 4 aliphatic rings. The van der Waals surface area contributed by atoms with Gasteiger partial charge >= 0.3 is 0 Å². The molecule has 2 aliphatic carbocycles. The molecule has 3 atom stereocenters. The van der Waals surface area contributed by atoms with Gasteiger partial charge in [-0.3, -0.25) is 14.4 Å². The molecule has 0 radical (unpaired) electrons. The number of aromatic nitrogens is 1. The third kappa shape index (κ3) is 3.53. The summed E-state index contributed by atoms with van der Waals surface area (Å²) >= 11 is 0. The summed E-state index contributed by atoms with van der Waals surface area (Å²) in [6.07, 6.45) is 5.20. The van der Waals surface area contributed by atoms with Crippen LogP contribution in [0.25, 0.3) is 0 Å². The number of halogens is 1. The second-order valence-electron chi connectivity index (χ2n) is 9.37. The molecule has 2 saturated carbocycles. The monoisotopic (exact) mass is 469 g/mol. The van der Waals surface area contributed by atoms with Crippen LogP contribution in [-0.4, -0.2) is 50.9 Å². The first-order valence-corrected chi connectivity index (χ1v) is 11.6. The third-order valence-corrected chi connectivity index (χ3v) is 6.99. The van der Waals surface area contributed by atoms with Crippen LogP contribution in [0, 0.1) is 5.82 Å². The molecule has 2 aromatic rings. The van der Waals surface area contributed by atoms with Crippen LogP contribution in [0.4, 0.5) is 4.39 Å². The molecule has 1 aromatic carbocycles. The Balaban J connectivity index is 1.26. The minimum atomic E-state index is -0.911. The molecule has 2 amide bonds. The second-order valence-corrected chi connectivity index (χ2v) is 9.37. The summed E-state index contributed by atoms with van der Waals surface area (Å²) in [7, 11) is 0. The number of aromatic hydroxyl groups is 1. The number of carbonyl (C=O) groups excluding carboxylic acids is 2. The average Bonchev–Trinajstić information content (AvgIpc) is 3.55. The Morgan fingerprint density at radius 3 is 2.85 bits per heavy atom. The molecule has 1 aromatic heterocycles. The number of nitrogens with zero attached hydrogens (tertiary/aromatic N) is 2. The first-order valence-electron chi connectivity index (χ1n) is 11.6. The van der Waals surface area contributed by atoms with Gasteiger partial charge < -0.3 is 29.4 Å². The Bertz CT molecular complexity index is 1260. The zero-order chi connectivity index (χ0) is 23.6. The van der Waals surface area contributed by atoms with E-state index in [9.17, 15) is 23.9 Å². The number of fused-ring (bicyclic) bond motifs is 5. The van der Waals surface area contributed by atoms with E-state index in [1.54, 1.807) is 4.90 Å². The van der Waals surface area contributed by atoms with Gasteiger partial charge in [0.1, 0.15) is 17.1 Å². The van der Waals surface area contributed by atoms with Crippen molar-refractivity contribution in [1.29, 1.82) is 0 Å². The Labute approximate surface area is 194 Å². The van der Waals surface area contributed by atoms with Crippen LogP contribution in [-0.2, 0) is 17.8 Å². The fourth-order valence-corrected chi connectivity index (χ4v) is 5.14. The fraction of sp³-hybridized carbons (Fsp3) is 0.458. The molecule has 2 bridgehead atoms. The van der Waals surface area contributed by atoms with Crippen LogP contribution in [0.3, 0.4) is 0 Å². The predicted octanol–water partition coefficient (Wildman–Crippen LogP) is 1.90. The number of hydrogen-bond acceptors (Lipinski definition) is 6. The van der Waals surface area contributed by atoms with Crippen LogP contribution in [0.1, 0.15) is 58.5 Å². The van der Waals surface area contributed by atoms with Crippen LogP contribution in [0.5, 0.6) is 11.5 Å². The zero-order valence-electron chi connectivity index (χ0n) is 18.3. The van der Waals surface area contributed by atoms with Crippen molar-refractivity contribution in [3.63, 3.8) is 0 Å². The minimum Gasteiger partial charge on any atom is -0.503 e. The number of carbonyl (C=O) groups is 2. The number of amides is 2. The van der Waals surface area contributed by atoms with E-state index in [0.29, 0.717) is 11.3 Å². The Hall–Kier alpha value is -3.40. The maximum absolute atomic E-state index is 13.7. The van der Waals surface area contributed by atoms with Gasteiger partial charge in [-0.1, -0.05) is 6.07 Å². The van der Waals surface area contributed by atoms with Gasteiger partial charge in [0.05, 0.1) is 18.8 Å². The molecule has 6 rings (SSSR count). The molecule has 9 nitrogen and oxygen atoms in total. The van der Waals surface area contributed by atoms with Crippen LogP contribution in [0.15, 0.2) is 29.2 Å². The predicted molar refractivity (Wildman–Crippen MR) is 116 cm³/mol. The highest BCUT2D eigenvalue weighted by atomic mass is 19.1. The fourth-order valence-electron chi connectivity index (χ4n) is 5.14. The van der Waals surface area contributed by atoms with Crippen LogP contribution in [0.2, 0.25) is 0 Å². The molecule has 2 N–H and O–H groups in total. The summed E-state index contributed by atoms with van der Waals surface area (Å²) in [5, 5.41) is 13.2. The second kappa shape index (κ2) is 7.83. The third-order valence-electron chi connectivity index (χ3n) is 6.99. The Morgan fingerprint density at radius 2 is 2.06 bits per heavy atom. The van der Waals surface area contributed by atoms with Crippen molar-refractivity contribution in [3.05, 3.63) is 57.3 Å². The van der Waals surface area contributed by atoms with E-state index in [4.69, 9.17) is 9.47 Å². The van der Waals surface area contributed by atoms with Crippen molar-refractivity contribution in [2.45, 2.75) is 69.7 Å². The van der Waals surface area contributed by atoms with Crippen molar-refractivity contribution in [3.8, 4) is 11.5 Å². The highest BCUT2D eigenvalue weighted by Gasteiger charge is 2.47. The van der Waals surface area contributed by atoms with Crippen molar-refractivity contribution < 1.29 is 28.6 Å². The molecule has 3 fully saturated rings. The highest BCUT2D eigenvalue weighted by molar-refractivity contribution is 5.99. The van der Waals surface area contributed by atoms with Crippen molar-refractivity contribution in [2.24, 2.45) is 0 Å². The number of nitrogens with one attached hydrogen (secondary N) is 1. The summed E-state index contributed by atoms with van der Waals surface area (Å²) in [5.74, 6) is -2.01. The minimum absolute atomic E-state index is 0.00489. The lowest BCUT2D eigenvalue weighted by atomic mass is 10.1. The molecule has 2 aliphatic heterocycles. The molecule has 34 heavy (non-hydrogen) atoms. The van der Waals surface area contributed by atoms with Gasteiger partial charge in [0.25, 0.3) is 11.8 Å². The van der Waals surface area contributed by atoms with Gasteiger partial charge in [0, 0.05) is 30.4 Å². The number of rotatable bonds is 5. The lowest BCUT2D eigenvalue weighted by Gasteiger charge is -2.44. The van der Waals surface area contributed by atoms with E-state index in [1.165, 1.54) is 29.0 Å². The Morgan fingerprint density at radius 1 is 1.24 bits per heavy atom. The number of pyridine rings is 1. The highest BCUT2D eigenvalue weighted by Crippen LogP contribution is 2.38. The molecular formula is C24H24FN3O6.